The SMILES string of the molecule is CCCC(CCC)COC(=O)[C@H](C)C[P@](=O)(OC[C@@]1(COC(=O)C(C)C)C/C1=C/n1cnc2c(=O)[nH]c(N)nc21)Oc1ccccc1. The van der Waals surface area contributed by atoms with Crippen molar-refractivity contribution in [1.29, 1.82) is 0 Å². The molecule has 1 aliphatic rings. The van der Waals surface area contributed by atoms with Crippen LogP contribution in [0, 0.1) is 23.2 Å². The number of esters is 2. The molecular formula is C33H46N5O8P. The zero-order valence-corrected chi connectivity index (χ0v) is 28.7. The Hall–Kier alpha value is -3.96. The Labute approximate surface area is 274 Å². The van der Waals surface area contributed by atoms with Gasteiger partial charge in [-0.05, 0) is 42.9 Å². The van der Waals surface area contributed by atoms with Crippen LogP contribution in [0.3, 0.4) is 0 Å². The van der Waals surface area contributed by atoms with Crippen molar-refractivity contribution in [2.45, 2.75) is 66.7 Å². The van der Waals surface area contributed by atoms with Crippen LogP contribution in [-0.4, -0.2) is 57.4 Å². The lowest BCUT2D eigenvalue weighted by atomic mass is 9.99. The van der Waals surface area contributed by atoms with Gasteiger partial charge in [0.2, 0.25) is 5.95 Å². The Morgan fingerprint density at radius 3 is 2.45 bits per heavy atom. The fourth-order valence-electron chi connectivity index (χ4n) is 5.27. The third-order valence-corrected chi connectivity index (χ3v) is 10.1. The Bertz CT molecular complexity index is 1660. The van der Waals surface area contributed by atoms with Crippen LogP contribution >= 0.6 is 7.60 Å². The topological polar surface area (TPSA) is 178 Å². The average Bonchev–Trinajstić information content (AvgIpc) is 3.56. The first-order chi connectivity index (χ1) is 22.4. The van der Waals surface area contributed by atoms with Gasteiger partial charge in [-0.15, -0.1) is 0 Å². The number of carbonyl (C=O) groups excluding carboxylic acids is 2. The van der Waals surface area contributed by atoms with Crippen molar-refractivity contribution < 1.29 is 32.7 Å². The minimum absolute atomic E-state index is 0.0438. The molecule has 1 aromatic carbocycles. The predicted octanol–water partition coefficient (Wildman–Crippen LogP) is 5.82. The summed E-state index contributed by atoms with van der Waals surface area (Å²) in [7, 11) is -3.96. The highest BCUT2D eigenvalue weighted by molar-refractivity contribution is 7.54. The average molecular weight is 672 g/mol. The molecule has 2 aromatic heterocycles. The van der Waals surface area contributed by atoms with E-state index < -0.39 is 36.4 Å². The molecule has 0 saturated heterocycles. The highest BCUT2D eigenvalue weighted by Crippen LogP contribution is 2.58. The van der Waals surface area contributed by atoms with E-state index in [0.29, 0.717) is 18.8 Å². The molecular weight excluding hydrogens is 625 g/mol. The minimum Gasteiger partial charge on any atom is -0.465 e. The van der Waals surface area contributed by atoms with Crippen molar-refractivity contribution in [3.05, 3.63) is 52.6 Å². The Morgan fingerprint density at radius 1 is 1.09 bits per heavy atom. The lowest BCUT2D eigenvalue weighted by Gasteiger charge is -2.25. The number of nitrogen functional groups attached to an aromatic ring is 1. The number of fused-ring (bicyclic) bond motifs is 1. The van der Waals surface area contributed by atoms with Gasteiger partial charge < -0.3 is 19.7 Å². The Balaban J connectivity index is 1.56. The highest BCUT2D eigenvalue weighted by atomic mass is 31.2. The number of ether oxygens (including phenoxy) is 2. The van der Waals surface area contributed by atoms with Gasteiger partial charge >= 0.3 is 19.5 Å². The maximum atomic E-state index is 14.4. The Morgan fingerprint density at radius 2 is 1.79 bits per heavy atom. The molecule has 2 heterocycles. The second-order valence-corrected chi connectivity index (χ2v) is 14.6. The fourth-order valence-corrected chi connectivity index (χ4v) is 7.21. The predicted molar refractivity (Wildman–Crippen MR) is 179 cm³/mol. The van der Waals surface area contributed by atoms with E-state index in [-0.39, 0.29) is 48.3 Å². The summed E-state index contributed by atoms with van der Waals surface area (Å²) in [6, 6.07) is 8.61. The molecule has 3 atom stereocenters. The summed E-state index contributed by atoms with van der Waals surface area (Å²) in [5, 5.41) is 0. The van der Waals surface area contributed by atoms with Crippen LogP contribution in [0.4, 0.5) is 5.95 Å². The number of nitrogens with two attached hydrogens (primary N) is 1. The number of imidazole rings is 1. The molecule has 3 aromatic rings. The molecule has 0 bridgehead atoms. The number of hydrogen-bond donors (Lipinski definition) is 2. The molecule has 3 N–H and O–H groups in total. The summed E-state index contributed by atoms with van der Waals surface area (Å²) in [5.74, 6) is -1.45. The van der Waals surface area contributed by atoms with Crippen LogP contribution in [0.5, 0.6) is 5.75 Å². The molecule has 0 unspecified atom stereocenters. The van der Waals surface area contributed by atoms with Gasteiger partial charge in [-0.25, -0.2) is 9.55 Å². The van der Waals surface area contributed by atoms with E-state index in [9.17, 15) is 18.9 Å². The second-order valence-electron chi connectivity index (χ2n) is 12.6. The van der Waals surface area contributed by atoms with Gasteiger partial charge in [-0.1, -0.05) is 65.7 Å². The molecule has 14 heteroatoms. The van der Waals surface area contributed by atoms with E-state index in [4.69, 9.17) is 24.3 Å². The largest absolute Gasteiger partial charge is 0.465 e. The summed E-state index contributed by atoms with van der Waals surface area (Å²) in [6.45, 7) is 9.45. The summed E-state index contributed by atoms with van der Waals surface area (Å²) >= 11 is 0. The minimum atomic E-state index is -3.96. The van der Waals surface area contributed by atoms with Gasteiger partial charge in [-0.2, -0.15) is 4.98 Å². The lowest BCUT2D eigenvalue weighted by molar-refractivity contribution is -0.150. The van der Waals surface area contributed by atoms with Crippen LogP contribution in [-0.2, 0) is 28.2 Å². The summed E-state index contributed by atoms with van der Waals surface area (Å²) in [5.41, 5.74) is 5.59. The van der Waals surface area contributed by atoms with Gasteiger partial charge in [0.05, 0.1) is 36.6 Å². The molecule has 13 nitrogen and oxygen atoms in total. The van der Waals surface area contributed by atoms with Crippen molar-refractivity contribution in [2.75, 3.05) is 31.7 Å². The van der Waals surface area contributed by atoms with Crippen molar-refractivity contribution in [3.8, 4) is 5.75 Å². The number of carbonyl (C=O) groups is 2. The fraction of sp³-hybridized carbons (Fsp3) is 0.545. The molecule has 0 aliphatic heterocycles. The molecule has 1 saturated carbocycles. The number of para-hydroxylation sites is 1. The van der Waals surface area contributed by atoms with Gasteiger partial charge in [0.15, 0.2) is 11.2 Å². The third kappa shape index (κ3) is 9.54. The van der Waals surface area contributed by atoms with Gasteiger partial charge in [0.1, 0.15) is 18.7 Å². The molecule has 4 rings (SSSR count). The van der Waals surface area contributed by atoms with E-state index in [1.807, 2.05) is 0 Å². The number of H-pyrrole nitrogens is 1. The second kappa shape index (κ2) is 15.8. The number of rotatable bonds is 18. The normalized spacial score (nSPS) is 18.7. The summed E-state index contributed by atoms with van der Waals surface area (Å²) < 4.78 is 39.3. The first-order valence-corrected chi connectivity index (χ1v) is 17.9. The maximum absolute atomic E-state index is 14.4. The first-order valence-electron chi connectivity index (χ1n) is 16.1. The standard InChI is InChI=1S/C33H46N5O8P/c1-6-11-24(12-7-2)17-43-31(41)23(5)18-47(42,46-26-13-9-8-10-14-26)45-20-33(19-44-30(40)22(3)4)15-25(33)16-38-21-35-27-28(38)36-32(34)37-29(27)39/h8-10,13-14,16,21-24H,6-7,11-12,15,17-20H2,1-5H3,(H3,34,36,37,39)/b25-16-/t23-,33+,47+/m1/s1. The zero-order chi connectivity index (χ0) is 34.2. The molecule has 0 radical (unpaired) electrons. The number of anilines is 1. The van der Waals surface area contributed by atoms with Crippen LogP contribution in [0.15, 0.2) is 47.0 Å². The van der Waals surface area contributed by atoms with Crippen molar-refractivity contribution in [3.63, 3.8) is 0 Å². The molecule has 47 heavy (non-hydrogen) atoms. The van der Waals surface area contributed by atoms with Crippen molar-refractivity contribution >= 4 is 42.8 Å². The number of aromatic nitrogens is 4. The molecule has 256 valence electrons. The van der Waals surface area contributed by atoms with E-state index in [1.54, 1.807) is 61.9 Å². The van der Waals surface area contributed by atoms with Gasteiger partial charge in [0.25, 0.3) is 5.56 Å². The van der Waals surface area contributed by atoms with E-state index in [0.717, 1.165) is 31.3 Å². The van der Waals surface area contributed by atoms with Gasteiger partial charge in [0, 0.05) is 6.20 Å². The number of nitrogens with one attached hydrogen (secondary N) is 1. The van der Waals surface area contributed by atoms with Gasteiger partial charge in [-0.3, -0.25) is 28.5 Å². The zero-order valence-electron chi connectivity index (χ0n) is 27.8. The van der Waals surface area contributed by atoms with E-state index >= 15 is 0 Å². The van der Waals surface area contributed by atoms with E-state index in [1.165, 1.54) is 6.33 Å². The summed E-state index contributed by atoms with van der Waals surface area (Å²) in [4.78, 5) is 48.6. The van der Waals surface area contributed by atoms with Crippen LogP contribution in [0.1, 0.15) is 66.7 Å². The quantitative estimate of drug-likeness (QED) is 0.123. The molecule has 1 fully saturated rings. The van der Waals surface area contributed by atoms with Crippen molar-refractivity contribution in [1.82, 2.24) is 19.5 Å². The van der Waals surface area contributed by atoms with Crippen LogP contribution in [0.2, 0.25) is 0 Å². The van der Waals surface area contributed by atoms with Crippen molar-refractivity contribution in [2.24, 2.45) is 23.2 Å². The maximum Gasteiger partial charge on any atom is 0.380 e. The molecule has 0 spiro atoms. The number of benzene rings is 1. The smallest absolute Gasteiger partial charge is 0.380 e. The summed E-state index contributed by atoms with van der Waals surface area (Å²) in [6.07, 6.45) is 7.28. The number of hydrogen-bond acceptors (Lipinski definition) is 11. The number of nitrogens with zero attached hydrogens (tertiary/aromatic N) is 3. The third-order valence-electron chi connectivity index (χ3n) is 8.07. The Kier molecular flexibility index (Phi) is 12.0. The van der Waals surface area contributed by atoms with E-state index in [2.05, 4.69) is 28.8 Å². The number of aromatic amines is 1. The molecule has 1 aliphatic carbocycles. The highest BCUT2D eigenvalue weighted by Gasteiger charge is 2.52. The first kappa shape index (κ1) is 35.9. The van der Waals surface area contributed by atoms with Crippen LogP contribution in [0.25, 0.3) is 17.4 Å². The lowest BCUT2D eigenvalue weighted by Crippen LogP contribution is -2.25. The monoisotopic (exact) mass is 671 g/mol. The molecule has 0 amide bonds. The van der Waals surface area contributed by atoms with Crippen LogP contribution < -0.4 is 15.8 Å².